The maximum atomic E-state index is 13.0. The van der Waals surface area contributed by atoms with Crippen LogP contribution in [0.4, 0.5) is 16.6 Å². The van der Waals surface area contributed by atoms with Gasteiger partial charge >= 0.3 is 12.1 Å². The minimum Gasteiger partial charge on any atom is -0.491 e. The summed E-state index contributed by atoms with van der Waals surface area (Å²) in [6.07, 6.45) is 2.95. The SMILES string of the molecule is COc1c(OCCN2CCN(C(=O)Oc3ccc(CC(=O)O)cc3)CC2)ccc2c3n(c(=NC(=O)c4cnc(N)nc4)nc12)CCCN3. The van der Waals surface area contributed by atoms with Gasteiger partial charge in [-0.15, -0.1) is 0 Å². The second kappa shape index (κ2) is 14.3. The summed E-state index contributed by atoms with van der Waals surface area (Å²) in [5.41, 5.74) is 7.10. The van der Waals surface area contributed by atoms with Gasteiger partial charge in [0.1, 0.15) is 23.7 Å². The number of ether oxygens (including phenoxy) is 3. The highest BCUT2D eigenvalue weighted by atomic mass is 16.6. The third kappa shape index (κ3) is 7.28. The van der Waals surface area contributed by atoms with Crippen molar-refractivity contribution in [3.05, 3.63) is 65.5 Å². The van der Waals surface area contributed by atoms with Crippen molar-refractivity contribution in [3.63, 3.8) is 0 Å². The normalized spacial score (nSPS) is 15.0. The summed E-state index contributed by atoms with van der Waals surface area (Å²) in [6.45, 7) is 4.61. The van der Waals surface area contributed by atoms with Gasteiger partial charge < -0.3 is 35.3 Å². The van der Waals surface area contributed by atoms with Crippen LogP contribution in [0.3, 0.4) is 0 Å². The molecule has 2 aliphatic rings. The summed E-state index contributed by atoms with van der Waals surface area (Å²) in [4.78, 5) is 57.2. The number of fused-ring (bicyclic) bond motifs is 3. The van der Waals surface area contributed by atoms with Crippen LogP contribution in [0, 0.1) is 0 Å². The second-order valence-corrected chi connectivity index (χ2v) is 11.2. The highest BCUT2D eigenvalue weighted by Crippen LogP contribution is 2.37. The summed E-state index contributed by atoms with van der Waals surface area (Å²) in [6, 6.07) is 10.2. The van der Waals surface area contributed by atoms with Crippen molar-refractivity contribution in [1.29, 1.82) is 0 Å². The number of aromatic nitrogens is 4. The van der Waals surface area contributed by atoms with Gasteiger partial charge in [0.25, 0.3) is 5.91 Å². The molecule has 0 radical (unpaired) electrons. The smallest absolute Gasteiger partial charge is 0.415 e. The number of nitrogen functional groups attached to an aromatic ring is 1. The Kier molecular flexibility index (Phi) is 9.61. The van der Waals surface area contributed by atoms with E-state index in [1.807, 2.05) is 16.7 Å². The Morgan fingerprint density at radius 3 is 2.48 bits per heavy atom. The van der Waals surface area contributed by atoms with Gasteiger partial charge in [0.15, 0.2) is 11.5 Å². The standard InChI is InChI=1S/C32H35N9O7/c1-46-27-24(47-16-15-39-11-13-40(14-12-39)32(45)48-22-5-3-20(4-6-22)17-25(42)43)8-7-23-26(27)37-31(41-10-2-9-34-28(23)41)38-29(44)21-18-35-30(33)36-19-21/h3-8,18-19,34H,2,9-17H2,1H3,(H,42,43)(H2,33,35,36). The Balaban J connectivity index is 1.10. The van der Waals surface area contributed by atoms with E-state index >= 15 is 0 Å². The molecular weight excluding hydrogens is 622 g/mol. The van der Waals surface area contributed by atoms with Crippen LogP contribution in [-0.2, 0) is 17.8 Å². The number of nitrogens with two attached hydrogens (primary N) is 1. The van der Waals surface area contributed by atoms with Crippen LogP contribution < -0.4 is 30.9 Å². The van der Waals surface area contributed by atoms with Crippen molar-refractivity contribution in [3.8, 4) is 17.2 Å². The molecule has 1 saturated heterocycles. The maximum absolute atomic E-state index is 13.0. The molecule has 6 rings (SSSR count). The predicted molar refractivity (Wildman–Crippen MR) is 173 cm³/mol. The number of rotatable bonds is 9. The Morgan fingerprint density at radius 2 is 1.77 bits per heavy atom. The van der Waals surface area contributed by atoms with Gasteiger partial charge in [-0.2, -0.15) is 4.99 Å². The summed E-state index contributed by atoms with van der Waals surface area (Å²) in [5.74, 6) is 0.657. The largest absolute Gasteiger partial charge is 0.491 e. The van der Waals surface area contributed by atoms with E-state index in [0.29, 0.717) is 74.2 Å². The second-order valence-electron chi connectivity index (χ2n) is 11.2. The molecule has 0 bridgehead atoms. The number of carboxylic acids is 1. The number of hydrogen-bond acceptors (Lipinski definition) is 12. The number of carbonyl (C=O) groups excluding carboxylic acids is 2. The fourth-order valence-corrected chi connectivity index (χ4v) is 5.56. The number of nitrogens with zero attached hydrogens (tertiary/aromatic N) is 7. The van der Waals surface area contributed by atoms with E-state index in [-0.39, 0.29) is 23.6 Å². The molecule has 2 amide bonds. The molecule has 48 heavy (non-hydrogen) atoms. The highest BCUT2D eigenvalue weighted by Gasteiger charge is 2.24. The van der Waals surface area contributed by atoms with Crippen LogP contribution >= 0.6 is 0 Å². The summed E-state index contributed by atoms with van der Waals surface area (Å²) < 4.78 is 19.3. The Labute approximate surface area is 274 Å². The fraction of sp³-hybridized carbons (Fsp3) is 0.344. The third-order valence-corrected chi connectivity index (χ3v) is 8.03. The zero-order chi connectivity index (χ0) is 33.6. The fourth-order valence-electron chi connectivity index (χ4n) is 5.56. The molecule has 0 saturated carbocycles. The molecule has 0 spiro atoms. The number of nitrogens with one attached hydrogen (secondary N) is 1. The van der Waals surface area contributed by atoms with Crippen LogP contribution in [0.2, 0.25) is 0 Å². The summed E-state index contributed by atoms with van der Waals surface area (Å²) in [7, 11) is 1.54. The zero-order valence-corrected chi connectivity index (χ0v) is 26.3. The number of methoxy groups -OCH3 is 1. The molecule has 0 unspecified atom stereocenters. The lowest BCUT2D eigenvalue weighted by atomic mass is 10.1. The molecule has 4 aromatic rings. The minimum atomic E-state index is -0.922. The van der Waals surface area contributed by atoms with E-state index in [2.05, 4.69) is 25.2 Å². The topological polar surface area (TPSA) is 200 Å². The van der Waals surface area contributed by atoms with E-state index in [1.165, 1.54) is 12.4 Å². The molecule has 1 fully saturated rings. The lowest BCUT2D eigenvalue weighted by Gasteiger charge is -2.33. The number of carboxylic acid groups (broad SMARTS) is 1. The van der Waals surface area contributed by atoms with Crippen molar-refractivity contribution < 1.29 is 33.7 Å². The quantitative estimate of drug-likeness (QED) is 0.236. The van der Waals surface area contributed by atoms with Gasteiger partial charge in [-0.25, -0.2) is 19.7 Å². The first kappa shape index (κ1) is 32.2. The minimum absolute atomic E-state index is 0.0611. The van der Waals surface area contributed by atoms with Crippen LogP contribution in [0.1, 0.15) is 22.3 Å². The zero-order valence-electron chi connectivity index (χ0n) is 26.3. The summed E-state index contributed by atoms with van der Waals surface area (Å²) in [5, 5.41) is 13.1. The van der Waals surface area contributed by atoms with Gasteiger partial charge in [0.05, 0.1) is 19.1 Å². The van der Waals surface area contributed by atoms with Crippen molar-refractivity contribution in [2.75, 3.05) is 64.0 Å². The Morgan fingerprint density at radius 1 is 1.02 bits per heavy atom. The number of piperazine rings is 1. The van der Waals surface area contributed by atoms with E-state index < -0.39 is 18.0 Å². The highest BCUT2D eigenvalue weighted by molar-refractivity contribution is 5.96. The van der Waals surface area contributed by atoms with E-state index in [4.69, 9.17) is 30.0 Å². The summed E-state index contributed by atoms with van der Waals surface area (Å²) >= 11 is 0. The molecular formula is C32H35N9O7. The molecule has 16 nitrogen and oxygen atoms in total. The van der Waals surface area contributed by atoms with E-state index in [0.717, 1.165) is 24.2 Å². The van der Waals surface area contributed by atoms with Crippen LogP contribution in [0.25, 0.3) is 10.9 Å². The first-order valence-corrected chi connectivity index (χ1v) is 15.4. The van der Waals surface area contributed by atoms with Crippen LogP contribution in [0.5, 0.6) is 17.2 Å². The average Bonchev–Trinajstić information content (AvgIpc) is 3.09. The van der Waals surface area contributed by atoms with Crippen molar-refractivity contribution >= 4 is 40.6 Å². The predicted octanol–water partition coefficient (Wildman–Crippen LogP) is 1.80. The molecule has 16 heteroatoms. The van der Waals surface area contributed by atoms with Crippen LogP contribution in [0.15, 0.2) is 53.8 Å². The van der Waals surface area contributed by atoms with Crippen LogP contribution in [-0.4, -0.2) is 105 Å². The van der Waals surface area contributed by atoms with Crippen molar-refractivity contribution in [2.24, 2.45) is 4.99 Å². The van der Waals surface area contributed by atoms with Gasteiger partial charge in [-0.05, 0) is 36.2 Å². The lowest BCUT2D eigenvalue weighted by Crippen LogP contribution is -2.50. The van der Waals surface area contributed by atoms with E-state index in [9.17, 15) is 14.4 Å². The number of aliphatic carboxylic acids is 1. The Bertz CT molecular complexity index is 1890. The van der Waals surface area contributed by atoms with Gasteiger partial charge in [0, 0.05) is 63.6 Å². The molecule has 4 heterocycles. The average molecular weight is 658 g/mol. The van der Waals surface area contributed by atoms with Gasteiger partial charge in [-0.1, -0.05) is 12.1 Å². The number of anilines is 2. The third-order valence-electron chi connectivity index (χ3n) is 8.03. The molecule has 250 valence electrons. The number of benzene rings is 2. The first-order chi connectivity index (χ1) is 23.3. The molecule has 2 aliphatic heterocycles. The molecule has 2 aromatic heterocycles. The van der Waals surface area contributed by atoms with Crippen molar-refractivity contribution in [1.82, 2.24) is 29.3 Å². The first-order valence-electron chi connectivity index (χ1n) is 15.4. The van der Waals surface area contributed by atoms with Gasteiger partial charge in [0.2, 0.25) is 11.6 Å². The molecule has 0 atom stereocenters. The Hall–Kier alpha value is -5.77. The lowest BCUT2D eigenvalue weighted by molar-refractivity contribution is -0.136. The maximum Gasteiger partial charge on any atom is 0.415 e. The monoisotopic (exact) mass is 657 g/mol. The number of carbonyl (C=O) groups is 3. The molecule has 4 N–H and O–H groups in total. The van der Waals surface area contributed by atoms with E-state index in [1.54, 1.807) is 36.3 Å². The molecule has 2 aromatic carbocycles. The number of amides is 2. The van der Waals surface area contributed by atoms with Gasteiger partial charge in [-0.3, -0.25) is 19.1 Å². The van der Waals surface area contributed by atoms with Crippen molar-refractivity contribution in [2.45, 2.75) is 19.4 Å². The molecule has 0 aliphatic carbocycles. The number of hydrogen-bond donors (Lipinski definition) is 3.